The second kappa shape index (κ2) is 5.25. The summed E-state index contributed by atoms with van der Waals surface area (Å²) < 4.78 is 1.72. The van der Waals surface area contributed by atoms with E-state index in [0.717, 1.165) is 5.69 Å². The van der Waals surface area contributed by atoms with E-state index in [1.165, 1.54) is 0 Å². The Morgan fingerprint density at radius 1 is 1.29 bits per heavy atom. The van der Waals surface area contributed by atoms with Gasteiger partial charge in [-0.25, -0.2) is 0 Å². The molecule has 0 bridgehead atoms. The number of nitrogen functional groups attached to an aromatic ring is 1. The van der Waals surface area contributed by atoms with Crippen LogP contribution < -0.4 is 11.1 Å². The smallest absolute Gasteiger partial charge is 0.0692 e. The number of aromatic nitrogens is 3. The molecular formula is C10H11Cl2N5. The Hall–Kier alpha value is -1.46. The van der Waals surface area contributed by atoms with E-state index in [4.69, 9.17) is 28.9 Å². The van der Waals surface area contributed by atoms with Crippen molar-refractivity contribution >= 4 is 34.6 Å². The Bertz CT molecular complexity index is 498. The van der Waals surface area contributed by atoms with Gasteiger partial charge in [0.2, 0.25) is 0 Å². The summed E-state index contributed by atoms with van der Waals surface area (Å²) >= 11 is 11.7. The highest BCUT2D eigenvalue weighted by atomic mass is 35.5. The summed E-state index contributed by atoms with van der Waals surface area (Å²) in [7, 11) is 0. The highest BCUT2D eigenvalue weighted by Crippen LogP contribution is 2.30. The molecule has 2 rings (SSSR count). The van der Waals surface area contributed by atoms with E-state index in [-0.39, 0.29) is 0 Å². The molecule has 0 aliphatic heterocycles. The number of nitrogens with one attached hydrogen (secondary N) is 1. The summed E-state index contributed by atoms with van der Waals surface area (Å²) in [6.07, 6.45) is 3.42. The van der Waals surface area contributed by atoms with E-state index < -0.39 is 0 Å². The zero-order valence-corrected chi connectivity index (χ0v) is 10.4. The summed E-state index contributed by atoms with van der Waals surface area (Å²) in [4.78, 5) is 0. The molecule has 0 radical (unpaired) electrons. The quantitative estimate of drug-likeness (QED) is 0.838. The van der Waals surface area contributed by atoms with Gasteiger partial charge < -0.3 is 11.1 Å². The summed E-state index contributed by atoms with van der Waals surface area (Å²) in [6.45, 7) is 1.37. The third-order valence-corrected chi connectivity index (χ3v) is 2.94. The maximum absolute atomic E-state index is 5.91. The minimum Gasteiger partial charge on any atom is -0.397 e. The molecule has 3 N–H and O–H groups in total. The molecule has 1 aromatic carbocycles. The minimum absolute atomic E-state index is 0.450. The van der Waals surface area contributed by atoms with Crippen molar-refractivity contribution in [1.82, 2.24) is 15.0 Å². The largest absolute Gasteiger partial charge is 0.397 e. The van der Waals surface area contributed by atoms with Crippen LogP contribution in [0.2, 0.25) is 10.0 Å². The van der Waals surface area contributed by atoms with Crippen LogP contribution in [0.3, 0.4) is 0 Å². The van der Waals surface area contributed by atoms with E-state index in [1.807, 2.05) is 0 Å². The Balaban J connectivity index is 1.97. The lowest BCUT2D eigenvalue weighted by molar-refractivity contribution is 0.609. The molecule has 0 unspecified atom stereocenters. The Kier molecular flexibility index (Phi) is 3.71. The van der Waals surface area contributed by atoms with Crippen LogP contribution in [0.5, 0.6) is 0 Å². The minimum atomic E-state index is 0.450. The van der Waals surface area contributed by atoms with E-state index in [0.29, 0.717) is 28.8 Å². The van der Waals surface area contributed by atoms with Gasteiger partial charge in [0.1, 0.15) is 0 Å². The Labute approximate surface area is 109 Å². The van der Waals surface area contributed by atoms with E-state index in [9.17, 15) is 0 Å². The van der Waals surface area contributed by atoms with Crippen LogP contribution in [0.4, 0.5) is 11.4 Å². The molecule has 0 saturated carbocycles. The predicted molar refractivity (Wildman–Crippen MR) is 69.4 cm³/mol. The number of hydrogen-bond donors (Lipinski definition) is 2. The Morgan fingerprint density at radius 3 is 2.76 bits per heavy atom. The SMILES string of the molecule is Nc1cc(Cl)c(Cl)cc1NCCn1ccnn1. The number of halogens is 2. The van der Waals surface area contributed by atoms with Crippen LogP contribution in [0, 0.1) is 0 Å². The first kappa shape index (κ1) is 12.0. The van der Waals surface area contributed by atoms with Crippen LogP contribution in [-0.4, -0.2) is 21.5 Å². The molecule has 0 atom stereocenters. The summed E-state index contributed by atoms with van der Waals surface area (Å²) in [5.74, 6) is 0. The molecule has 0 aliphatic carbocycles. The average Bonchev–Trinajstić information content (AvgIpc) is 2.78. The number of benzene rings is 1. The molecule has 0 aliphatic rings. The molecule has 5 nitrogen and oxygen atoms in total. The molecule has 0 amide bonds. The first-order valence-electron chi connectivity index (χ1n) is 4.99. The van der Waals surface area contributed by atoms with Crippen molar-refractivity contribution < 1.29 is 0 Å². The normalized spacial score (nSPS) is 10.5. The highest BCUT2D eigenvalue weighted by Gasteiger charge is 2.04. The second-order valence-corrected chi connectivity index (χ2v) is 4.26. The van der Waals surface area contributed by atoms with Gasteiger partial charge in [0, 0.05) is 12.7 Å². The number of rotatable bonds is 4. The number of hydrogen-bond acceptors (Lipinski definition) is 4. The van der Waals surface area contributed by atoms with Gasteiger partial charge in [0.25, 0.3) is 0 Å². The number of anilines is 2. The highest BCUT2D eigenvalue weighted by molar-refractivity contribution is 6.42. The molecule has 17 heavy (non-hydrogen) atoms. The topological polar surface area (TPSA) is 68.8 Å². The molecule has 0 spiro atoms. The van der Waals surface area contributed by atoms with Crippen LogP contribution in [0.15, 0.2) is 24.5 Å². The Morgan fingerprint density at radius 2 is 2.06 bits per heavy atom. The van der Waals surface area contributed by atoms with Gasteiger partial charge in [-0.3, -0.25) is 4.68 Å². The van der Waals surface area contributed by atoms with Gasteiger partial charge in [0.05, 0.1) is 34.2 Å². The standard InChI is InChI=1S/C10H11Cl2N5/c11-7-5-9(13)10(6-8(7)12)14-1-3-17-4-2-15-16-17/h2,4-6,14H,1,3,13H2. The van der Waals surface area contributed by atoms with Crippen molar-refractivity contribution in [3.63, 3.8) is 0 Å². The molecule has 0 fully saturated rings. The maximum Gasteiger partial charge on any atom is 0.0692 e. The lowest BCUT2D eigenvalue weighted by atomic mass is 10.2. The zero-order chi connectivity index (χ0) is 12.3. The van der Waals surface area contributed by atoms with Crippen molar-refractivity contribution in [2.75, 3.05) is 17.6 Å². The number of nitrogens with two attached hydrogens (primary N) is 1. The second-order valence-electron chi connectivity index (χ2n) is 3.45. The van der Waals surface area contributed by atoms with Gasteiger partial charge in [-0.05, 0) is 12.1 Å². The fourth-order valence-electron chi connectivity index (χ4n) is 1.37. The van der Waals surface area contributed by atoms with Crippen LogP contribution in [0.1, 0.15) is 0 Å². The van der Waals surface area contributed by atoms with E-state index in [1.54, 1.807) is 29.2 Å². The van der Waals surface area contributed by atoms with Crippen molar-refractivity contribution in [3.8, 4) is 0 Å². The first-order valence-corrected chi connectivity index (χ1v) is 5.75. The average molecular weight is 272 g/mol. The maximum atomic E-state index is 5.91. The summed E-state index contributed by atoms with van der Waals surface area (Å²) in [5, 5.41) is 11.7. The fraction of sp³-hybridized carbons (Fsp3) is 0.200. The van der Waals surface area contributed by atoms with E-state index >= 15 is 0 Å². The van der Waals surface area contributed by atoms with Gasteiger partial charge >= 0.3 is 0 Å². The van der Waals surface area contributed by atoms with Crippen molar-refractivity contribution in [1.29, 1.82) is 0 Å². The summed E-state index contributed by atoms with van der Waals surface area (Å²) in [6, 6.07) is 3.34. The lowest BCUT2D eigenvalue weighted by Gasteiger charge is -2.10. The van der Waals surface area contributed by atoms with Crippen molar-refractivity contribution in [3.05, 3.63) is 34.6 Å². The number of nitrogens with zero attached hydrogens (tertiary/aromatic N) is 3. The molecule has 7 heteroatoms. The lowest BCUT2D eigenvalue weighted by Crippen LogP contribution is -2.12. The van der Waals surface area contributed by atoms with Gasteiger partial charge in [-0.2, -0.15) is 0 Å². The predicted octanol–water partition coefficient (Wildman–Crippen LogP) is 2.28. The monoisotopic (exact) mass is 271 g/mol. The van der Waals surface area contributed by atoms with Crippen molar-refractivity contribution in [2.45, 2.75) is 6.54 Å². The molecule has 2 aromatic rings. The molecule has 1 heterocycles. The van der Waals surface area contributed by atoms with Gasteiger partial charge in [0.15, 0.2) is 0 Å². The van der Waals surface area contributed by atoms with E-state index in [2.05, 4.69) is 15.6 Å². The summed E-state index contributed by atoms with van der Waals surface area (Å²) in [5.41, 5.74) is 7.14. The van der Waals surface area contributed by atoms with Gasteiger partial charge in [-0.1, -0.05) is 28.4 Å². The fourth-order valence-corrected chi connectivity index (χ4v) is 1.71. The van der Waals surface area contributed by atoms with Crippen LogP contribution in [-0.2, 0) is 6.54 Å². The molecule has 1 aromatic heterocycles. The first-order chi connectivity index (χ1) is 8.16. The van der Waals surface area contributed by atoms with Gasteiger partial charge in [-0.15, -0.1) is 5.10 Å². The molecule has 0 saturated heterocycles. The molecular weight excluding hydrogens is 261 g/mol. The van der Waals surface area contributed by atoms with Crippen LogP contribution in [0.25, 0.3) is 0 Å². The van der Waals surface area contributed by atoms with Crippen molar-refractivity contribution in [2.24, 2.45) is 0 Å². The van der Waals surface area contributed by atoms with Crippen LogP contribution >= 0.6 is 23.2 Å². The molecule has 90 valence electrons. The third-order valence-electron chi connectivity index (χ3n) is 2.22. The third kappa shape index (κ3) is 3.01. The zero-order valence-electron chi connectivity index (χ0n) is 8.90.